The monoisotopic (exact) mass is 323 g/mol. The molecule has 0 spiro atoms. The number of rotatable bonds is 3. The Bertz CT molecular complexity index is 612. The second-order valence-corrected chi connectivity index (χ2v) is 10.5. The molecule has 116 valence electrons. The van der Waals surface area contributed by atoms with Crippen molar-refractivity contribution in [3.63, 3.8) is 0 Å². The maximum Gasteiger partial charge on any atom is 0.156 e. The van der Waals surface area contributed by atoms with Gasteiger partial charge >= 0.3 is 0 Å². The van der Waals surface area contributed by atoms with Crippen LogP contribution in [-0.2, 0) is 11.8 Å². The molecule has 0 N–H and O–H groups in total. The van der Waals surface area contributed by atoms with E-state index in [-0.39, 0.29) is 0 Å². The summed E-state index contributed by atoms with van der Waals surface area (Å²) in [7, 11) is 4.11. The van der Waals surface area contributed by atoms with Gasteiger partial charge in [-0.2, -0.15) is 0 Å². The van der Waals surface area contributed by atoms with Gasteiger partial charge in [0.1, 0.15) is 6.19 Å². The minimum Gasteiger partial charge on any atom is -0.361 e. The van der Waals surface area contributed by atoms with Crippen LogP contribution in [0.4, 0.5) is 5.69 Å². The quantitative estimate of drug-likeness (QED) is 0.791. The number of benzene rings is 1. The highest BCUT2D eigenvalue weighted by atomic mass is 32.4. The molecule has 1 aromatic rings. The van der Waals surface area contributed by atoms with Crippen molar-refractivity contribution < 1.29 is 0 Å². The predicted octanol–water partition coefficient (Wildman–Crippen LogP) is 3.70. The van der Waals surface area contributed by atoms with Gasteiger partial charge in [-0.15, -0.1) is 0 Å². The molecule has 0 saturated carbocycles. The van der Waals surface area contributed by atoms with Gasteiger partial charge in [0.25, 0.3) is 0 Å². The normalized spacial score (nSPS) is 21.1. The molecule has 0 fully saturated rings. The standard InChI is InChI=1S/C16H26N3PS/c1-11(2)19(12(3)4)20(21)15-10-13(5)8-9-14(15)17-16(20)18(6)7/h8-12H,1-7H3/t20-/m1/s1. The van der Waals surface area contributed by atoms with Crippen LogP contribution in [0.2, 0.25) is 0 Å². The molecule has 0 amide bonds. The smallest absolute Gasteiger partial charge is 0.156 e. The van der Waals surface area contributed by atoms with E-state index >= 15 is 0 Å². The van der Waals surface area contributed by atoms with Gasteiger partial charge in [0.05, 0.1) is 5.69 Å². The van der Waals surface area contributed by atoms with Crippen LogP contribution in [0, 0.1) is 6.92 Å². The van der Waals surface area contributed by atoms with Gasteiger partial charge in [-0.05, 0) is 46.8 Å². The molecule has 1 atom stereocenters. The lowest BCUT2D eigenvalue weighted by Gasteiger charge is -2.41. The lowest BCUT2D eigenvalue weighted by molar-refractivity contribution is 0.326. The van der Waals surface area contributed by atoms with Crippen LogP contribution >= 0.6 is 6.19 Å². The number of aryl methyl sites for hydroxylation is 1. The largest absolute Gasteiger partial charge is 0.361 e. The number of nitrogens with zero attached hydrogens (tertiary/aromatic N) is 3. The lowest BCUT2D eigenvalue weighted by atomic mass is 10.2. The second-order valence-electron chi connectivity index (χ2n) is 6.44. The molecule has 1 aliphatic rings. The van der Waals surface area contributed by atoms with Gasteiger partial charge in [0, 0.05) is 31.5 Å². The summed E-state index contributed by atoms with van der Waals surface area (Å²) in [5, 5.41) is 1.25. The molecule has 0 aromatic heterocycles. The molecule has 1 aliphatic heterocycles. The highest BCUT2D eigenvalue weighted by Crippen LogP contribution is 2.59. The Morgan fingerprint density at radius 2 is 1.67 bits per heavy atom. The maximum absolute atomic E-state index is 6.32. The van der Waals surface area contributed by atoms with E-state index in [1.807, 2.05) is 0 Å². The molecule has 1 aromatic carbocycles. The van der Waals surface area contributed by atoms with Gasteiger partial charge in [0.15, 0.2) is 5.58 Å². The number of amidine groups is 1. The zero-order valence-corrected chi connectivity index (χ0v) is 15.8. The van der Waals surface area contributed by atoms with E-state index < -0.39 is 6.19 Å². The first-order chi connectivity index (χ1) is 9.69. The van der Waals surface area contributed by atoms with Crippen molar-refractivity contribution in [2.24, 2.45) is 4.99 Å². The molecule has 5 heteroatoms. The van der Waals surface area contributed by atoms with Crippen LogP contribution in [0.25, 0.3) is 0 Å². The van der Waals surface area contributed by atoms with Crippen LogP contribution in [0.15, 0.2) is 23.2 Å². The Morgan fingerprint density at radius 3 is 2.14 bits per heavy atom. The van der Waals surface area contributed by atoms with Crippen LogP contribution in [-0.4, -0.2) is 41.3 Å². The summed E-state index contributed by atoms with van der Waals surface area (Å²) < 4.78 is 2.49. The van der Waals surface area contributed by atoms with Crippen LogP contribution < -0.4 is 5.30 Å². The summed E-state index contributed by atoms with van der Waals surface area (Å²) in [5.74, 6) is 0. The maximum atomic E-state index is 6.32. The Hall–Kier alpha value is -0.700. The molecule has 21 heavy (non-hydrogen) atoms. The van der Waals surface area contributed by atoms with E-state index in [0.717, 1.165) is 11.3 Å². The first-order valence-corrected chi connectivity index (χ1v) is 10.2. The van der Waals surface area contributed by atoms with E-state index in [9.17, 15) is 0 Å². The minimum absolute atomic E-state index is 0.396. The summed E-state index contributed by atoms with van der Waals surface area (Å²) in [6, 6.07) is 7.27. The number of fused-ring (bicyclic) bond motifs is 1. The molecule has 2 rings (SSSR count). The van der Waals surface area contributed by atoms with Crippen LogP contribution in [0.3, 0.4) is 0 Å². The topological polar surface area (TPSA) is 18.8 Å². The summed E-state index contributed by atoms with van der Waals surface area (Å²) in [6.07, 6.45) is -2.03. The molecule has 3 nitrogen and oxygen atoms in total. The van der Waals surface area contributed by atoms with Gasteiger partial charge in [-0.1, -0.05) is 23.4 Å². The zero-order valence-electron chi connectivity index (χ0n) is 14.1. The van der Waals surface area contributed by atoms with E-state index in [1.54, 1.807) is 0 Å². The number of aliphatic imine (C=N–C) groups is 1. The van der Waals surface area contributed by atoms with Crippen molar-refractivity contribution in [2.45, 2.75) is 46.7 Å². The third-order valence-electron chi connectivity index (χ3n) is 3.73. The van der Waals surface area contributed by atoms with Gasteiger partial charge in [-0.25, -0.2) is 4.99 Å². The third-order valence-corrected chi connectivity index (χ3v) is 9.01. The molecule has 0 unspecified atom stereocenters. The van der Waals surface area contributed by atoms with E-state index in [2.05, 4.69) is 76.5 Å². The first kappa shape index (κ1) is 16.7. The van der Waals surface area contributed by atoms with Crippen molar-refractivity contribution in [1.82, 2.24) is 9.57 Å². The van der Waals surface area contributed by atoms with Crippen molar-refractivity contribution in [3.8, 4) is 0 Å². The SMILES string of the molecule is Cc1ccc2c(c1)[P@](=S)(N(C(C)C)C(C)C)C(N(C)C)=N2. The zero-order chi connectivity index (χ0) is 15.9. The van der Waals surface area contributed by atoms with Crippen molar-refractivity contribution in [3.05, 3.63) is 23.8 Å². The van der Waals surface area contributed by atoms with Gasteiger partial charge < -0.3 is 4.90 Å². The van der Waals surface area contributed by atoms with Crippen molar-refractivity contribution in [2.75, 3.05) is 14.1 Å². The average molecular weight is 323 g/mol. The molecule has 0 aliphatic carbocycles. The predicted molar refractivity (Wildman–Crippen MR) is 98.0 cm³/mol. The first-order valence-electron chi connectivity index (χ1n) is 7.46. The summed E-state index contributed by atoms with van der Waals surface area (Å²) in [6.45, 7) is 11.1. The van der Waals surface area contributed by atoms with Gasteiger partial charge in [0.2, 0.25) is 0 Å². The summed E-state index contributed by atoms with van der Waals surface area (Å²) >= 11 is 6.32. The Labute approximate surface area is 134 Å². The molecule has 0 bridgehead atoms. The number of hydrogen-bond donors (Lipinski definition) is 0. The highest BCUT2D eigenvalue weighted by Gasteiger charge is 2.42. The summed E-state index contributed by atoms with van der Waals surface area (Å²) in [4.78, 5) is 6.98. The number of hydrogen-bond acceptors (Lipinski definition) is 3. The molecular weight excluding hydrogens is 297 g/mol. The van der Waals surface area contributed by atoms with Crippen molar-refractivity contribution in [1.29, 1.82) is 0 Å². The molecule has 1 heterocycles. The van der Waals surface area contributed by atoms with Crippen LogP contribution in [0.1, 0.15) is 33.3 Å². The van der Waals surface area contributed by atoms with Crippen LogP contribution in [0.5, 0.6) is 0 Å². The molecular formula is C16H26N3PS. The third kappa shape index (κ3) is 2.69. The van der Waals surface area contributed by atoms with E-state index in [4.69, 9.17) is 16.8 Å². The fourth-order valence-electron chi connectivity index (χ4n) is 3.10. The van der Waals surface area contributed by atoms with Gasteiger partial charge in [-0.3, -0.25) is 4.67 Å². The van der Waals surface area contributed by atoms with E-state index in [1.165, 1.54) is 10.9 Å². The Kier molecular flexibility index (Phi) is 4.63. The minimum atomic E-state index is -2.03. The lowest BCUT2D eigenvalue weighted by Crippen LogP contribution is -2.41. The Morgan fingerprint density at radius 1 is 1.10 bits per heavy atom. The molecule has 0 radical (unpaired) electrons. The van der Waals surface area contributed by atoms with E-state index in [0.29, 0.717) is 12.1 Å². The highest BCUT2D eigenvalue weighted by molar-refractivity contribution is 8.25. The average Bonchev–Trinajstić information content (AvgIpc) is 2.62. The fourth-order valence-corrected chi connectivity index (χ4v) is 8.85. The summed E-state index contributed by atoms with van der Waals surface area (Å²) in [5.41, 5.74) is 3.37. The fraction of sp³-hybridized carbons (Fsp3) is 0.562. The van der Waals surface area contributed by atoms with Crippen molar-refractivity contribution >= 4 is 34.6 Å². The second kappa shape index (κ2) is 5.83. The molecule has 0 saturated heterocycles. The Balaban J connectivity index is 2.71.